The van der Waals surface area contributed by atoms with Gasteiger partial charge in [-0.2, -0.15) is 13.2 Å². The summed E-state index contributed by atoms with van der Waals surface area (Å²) in [6, 6.07) is 2.28. The van der Waals surface area contributed by atoms with Crippen molar-refractivity contribution in [3.63, 3.8) is 0 Å². The summed E-state index contributed by atoms with van der Waals surface area (Å²) in [5, 5.41) is 2.74. The van der Waals surface area contributed by atoms with E-state index in [0.717, 1.165) is 37.9 Å². The number of hydrogen-bond acceptors (Lipinski definition) is 2. The molecule has 1 fully saturated rings. The first-order valence-electron chi connectivity index (χ1n) is 6.76. The molecule has 0 atom stereocenters. The van der Waals surface area contributed by atoms with Crippen LogP contribution in [-0.2, 0) is 17.5 Å². The average molecular weight is 286 g/mol. The molecule has 0 aromatic carbocycles. The van der Waals surface area contributed by atoms with Crippen LogP contribution in [0.4, 0.5) is 13.2 Å². The highest BCUT2D eigenvalue weighted by Crippen LogP contribution is 2.28. The van der Waals surface area contributed by atoms with Crippen LogP contribution in [0.1, 0.15) is 43.4 Å². The molecule has 1 aliphatic carbocycles. The van der Waals surface area contributed by atoms with Crippen LogP contribution in [0, 0.1) is 5.92 Å². The molecule has 6 heteroatoms. The van der Waals surface area contributed by atoms with E-state index in [0.29, 0.717) is 5.69 Å². The number of rotatable bonds is 3. The molecular formula is C14H17F3N2O. The number of alkyl halides is 3. The van der Waals surface area contributed by atoms with Crippen LogP contribution in [0.25, 0.3) is 0 Å². The summed E-state index contributed by atoms with van der Waals surface area (Å²) in [7, 11) is 0. The quantitative estimate of drug-likeness (QED) is 0.926. The fourth-order valence-corrected chi connectivity index (χ4v) is 2.38. The molecule has 1 aliphatic rings. The van der Waals surface area contributed by atoms with Gasteiger partial charge in [0.15, 0.2) is 0 Å². The Kier molecular flexibility index (Phi) is 4.62. The van der Waals surface area contributed by atoms with Gasteiger partial charge in [0.25, 0.3) is 0 Å². The Morgan fingerprint density at radius 2 is 1.95 bits per heavy atom. The topological polar surface area (TPSA) is 42.0 Å². The Hall–Kier alpha value is -1.59. The number of hydrogen-bond donors (Lipinski definition) is 1. The molecule has 1 heterocycles. The summed E-state index contributed by atoms with van der Waals surface area (Å²) in [5.41, 5.74) is -0.345. The molecule has 1 aromatic rings. The van der Waals surface area contributed by atoms with E-state index < -0.39 is 11.7 Å². The lowest BCUT2D eigenvalue weighted by Crippen LogP contribution is -2.31. The van der Waals surface area contributed by atoms with Crippen molar-refractivity contribution in [2.24, 2.45) is 5.92 Å². The Labute approximate surface area is 115 Å². The van der Waals surface area contributed by atoms with Gasteiger partial charge in [0.2, 0.25) is 5.91 Å². The molecule has 0 saturated heterocycles. The first kappa shape index (κ1) is 14.8. The van der Waals surface area contributed by atoms with Crippen molar-refractivity contribution in [3.8, 4) is 0 Å². The Morgan fingerprint density at radius 3 is 2.50 bits per heavy atom. The third kappa shape index (κ3) is 3.95. The first-order chi connectivity index (χ1) is 9.47. The minimum Gasteiger partial charge on any atom is -0.350 e. The summed E-state index contributed by atoms with van der Waals surface area (Å²) in [4.78, 5) is 15.6. The maximum Gasteiger partial charge on any atom is 0.417 e. The lowest BCUT2D eigenvalue weighted by molar-refractivity contribution is -0.137. The molecule has 1 aromatic heterocycles. The number of amides is 1. The van der Waals surface area contributed by atoms with Crippen molar-refractivity contribution in [1.29, 1.82) is 0 Å². The van der Waals surface area contributed by atoms with Gasteiger partial charge in [-0.05, 0) is 25.0 Å². The van der Waals surface area contributed by atoms with Gasteiger partial charge in [-0.15, -0.1) is 0 Å². The Balaban J connectivity index is 1.86. The molecule has 2 rings (SSSR count). The van der Waals surface area contributed by atoms with Crippen LogP contribution in [-0.4, -0.2) is 10.9 Å². The highest BCUT2D eigenvalue weighted by molar-refractivity contribution is 5.78. The number of carbonyl (C=O) groups is 1. The van der Waals surface area contributed by atoms with E-state index >= 15 is 0 Å². The predicted octanol–water partition coefficient (Wildman–Crippen LogP) is 3.30. The molecule has 110 valence electrons. The van der Waals surface area contributed by atoms with Crippen LogP contribution in [0.2, 0.25) is 0 Å². The van der Waals surface area contributed by atoms with Gasteiger partial charge in [-0.3, -0.25) is 9.78 Å². The van der Waals surface area contributed by atoms with Crippen molar-refractivity contribution >= 4 is 5.91 Å². The van der Waals surface area contributed by atoms with E-state index in [1.54, 1.807) is 0 Å². The SMILES string of the molecule is O=C(NCc1ccc(C(F)(F)F)cn1)C1CCCCC1. The van der Waals surface area contributed by atoms with Crippen molar-refractivity contribution in [1.82, 2.24) is 10.3 Å². The molecule has 3 nitrogen and oxygen atoms in total. The summed E-state index contributed by atoms with van der Waals surface area (Å²) >= 11 is 0. The zero-order chi connectivity index (χ0) is 14.6. The molecule has 0 radical (unpaired) electrons. The van der Waals surface area contributed by atoms with Crippen LogP contribution in [0.5, 0.6) is 0 Å². The van der Waals surface area contributed by atoms with Crippen LogP contribution < -0.4 is 5.32 Å². The summed E-state index contributed by atoms with van der Waals surface area (Å²) in [6.07, 6.45) is 1.51. The molecule has 0 aliphatic heterocycles. The smallest absolute Gasteiger partial charge is 0.350 e. The van der Waals surface area contributed by atoms with E-state index in [1.165, 1.54) is 12.5 Å². The lowest BCUT2D eigenvalue weighted by Gasteiger charge is -2.20. The number of nitrogens with one attached hydrogen (secondary N) is 1. The molecular weight excluding hydrogens is 269 g/mol. The van der Waals surface area contributed by atoms with E-state index in [2.05, 4.69) is 10.3 Å². The maximum absolute atomic E-state index is 12.4. The molecule has 20 heavy (non-hydrogen) atoms. The number of nitrogens with zero attached hydrogens (tertiary/aromatic N) is 1. The number of carbonyl (C=O) groups excluding carboxylic acids is 1. The van der Waals surface area contributed by atoms with Gasteiger partial charge in [0, 0.05) is 12.1 Å². The minimum atomic E-state index is -4.38. The number of aromatic nitrogens is 1. The van der Waals surface area contributed by atoms with E-state index in [-0.39, 0.29) is 18.4 Å². The van der Waals surface area contributed by atoms with Gasteiger partial charge in [-0.1, -0.05) is 19.3 Å². The fourth-order valence-electron chi connectivity index (χ4n) is 2.38. The van der Waals surface area contributed by atoms with Crippen LogP contribution in [0.3, 0.4) is 0 Å². The minimum absolute atomic E-state index is 0.0219. The zero-order valence-corrected chi connectivity index (χ0v) is 11.0. The van der Waals surface area contributed by atoms with Crippen molar-refractivity contribution in [2.75, 3.05) is 0 Å². The molecule has 0 bridgehead atoms. The van der Waals surface area contributed by atoms with E-state index in [9.17, 15) is 18.0 Å². The largest absolute Gasteiger partial charge is 0.417 e. The first-order valence-corrected chi connectivity index (χ1v) is 6.76. The maximum atomic E-state index is 12.4. The third-order valence-electron chi connectivity index (χ3n) is 3.57. The molecule has 1 saturated carbocycles. The van der Waals surface area contributed by atoms with Gasteiger partial charge >= 0.3 is 6.18 Å². The standard InChI is InChI=1S/C14H17F3N2O/c15-14(16,17)11-6-7-12(18-8-11)9-19-13(20)10-4-2-1-3-5-10/h6-8,10H,1-5,9H2,(H,19,20). The fraction of sp³-hybridized carbons (Fsp3) is 0.571. The second-order valence-corrected chi connectivity index (χ2v) is 5.09. The summed E-state index contributed by atoms with van der Waals surface area (Å²) in [5.74, 6) is 0.0181. The number of halogens is 3. The monoisotopic (exact) mass is 286 g/mol. The zero-order valence-electron chi connectivity index (χ0n) is 11.0. The van der Waals surface area contributed by atoms with Crippen LogP contribution in [0.15, 0.2) is 18.3 Å². The van der Waals surface area contributed by atoms with Gasteiger partial charge in [0.1, 0.15) is 0 Å². The molecule has 1 amide bonds. The van der Waals surface area contributed by atoms with Gasteiger partial charge < -0.3 is 5.32 Å². The van der Waals surface area contributed by atoms with Gasteiger partial charge in [-0.25, -0.2) is 0 Å². The highest BCUT2D eigenvalue weighted by atomic mass is 19.4. The van der Waals surface area contributed by atoms with Crippen LogP contribution >= 0.6 is 0 Å². The summed E-state index contributed by atoms with van der Waals surface area (Å²) < 4.78 is 37.1. The average Bonchev–Trinajstić information content (AvgIpc) is 2.45. The lowest BCUT2D eigenvalue weighted by atomic mass is 9.89. The predicted molar refractivity (Wildman–Crippen MR) is 67.7 cm³/mol. The van der Waals surface area contributed by atoms with E-state index in [1.807, 2.05) is 0 Å². The number of pyridine rings is 1. The normalized spacial score (nSPS) is 16.9. The molecule has 1 N–H and O–H groups in total. The van der Waals surface area contributed by atoms with E-state index in [4.69, 9.17) is 0 Å². The second-order valence-electron chi connectivity index (χ2n) is 5.09. The molecule has 0 unspecified atom stereocenters. The third-order valence-corrected chi connectivity index (χ3v) is 3.57. The van der Waals surface area contributed by atoms with Crippen molar-refractivity contribution in [3.05, 3.63) is 29.6 Å². The summed E-state index contributed by atoms with van der Waals surface area (Å²) in [6.45, 7) is 0.174. The van der Waals surface area contributed by atoms with Crippen molar-refractivity contribution < 1.29 is 18.0 Å². The highest BCUT2D eigenvalue weighted by Gasteiger charge is 2.30. The molecule has 0 spiro atoms. The second kappa shape index (κ2) is 6.24. The van der Waals surface area contributed by atoms with Gasteiger partial charge in [0.05, 0.1) is 17.8 Å². The van der Waals surface area contributed by atoms with Crippen molar-refractivity contribution in [2.45, 2.75) is 44.8 Å². The Morgan fingerprint density at radius 1 is 1.25 bits per heavy atom. The Bertz CT molecular complexity index is 450.